The van der Waals surface area contributed by atoms with Crippen molar-refractivity contribution in [3.8, 4) is 0 Å². The molecular formula is C15H17NOS. The van der Waals surface area contributed by atoms with Gasteiger partial charge in [0.2, 0.25) is 5.91 Å². The van der Waals surface area contributed by atoms with Crippen LogP contribution in [0.5, 0.6) is 0 Å². The van der Waals surface area contributed by atoms with E-state index >= 15 is 0 Å². The lowest BCUT2D eigenvalue weighted by atomic mass is 10.0. The molecule has 2 rings (SSSR count). The fourth-order valence-electron chi connectivity index (χ4n) is 1.73. The van der Waals surface area contributed by atoms with E-state index < -0.39 is 0 Å². The first-order valence-corrected chi connectivity index (χ1v) is 6.95. The lowest BCUT2D eigenvalue weighted by Gasteiger charge is -2.08. The van der Waals surface area contributed by atoms with Crippen LogP contribution in [0.4, 0.5) is 5.69 Å². The molecule has 2 nitrogen and oxygen atoms in total. The van der Waals surface area contributed by atoms with E-state index in [4.69, 9.17) is 0 Å². The predicted octanol–water partition coefficient (Wildman–Crippen LogP) is 4.05. The summed E-state index contributed by atoms with van der Waals surface area (Å²) in [5, 5.41) is 4.90. The molecule has 94 valence electrons. The molecule has 0 aliphatic rings. The average molecular weight is 259 g/mol. The van der Waals surface area contributed by atoms with Gasteiger partial charge in [0.25, 0.3) is 0 Å². The number of nitrogens with one attached hydrogen (secondary N) is 1. The Balaban J connectivity index is 1.95. The number of hydrogen-bond donors (Lipinski definition) is 1. The van der Waals surface area contributed by atoms with Gasteiger partial charge in [-0.05, 0) is 35.1 Å². The van der Waals surface area contributed by atoms with Crippen molar-refractivity contribution in [1.82, 2.24) is 0 Å². The van der Waals surface area contributed by atoms with Gasteiger partial charge >= 0.3 is 0 Å². The molecule has 1 aromatic carbocycles. The lowest BCUT2D eigenvalue weighted by Crippen LogP contribution is -2.13. The molecule has 0 saturated carbocycles. The van der Waals surface area contributed by atoms with E-state index in [1.54, 1.807) is 11.3 Å². The Hall–Kier alpha value is -1.61. The van der Waals surface area contributed by atoms with Crippen molar-refractivity contribution in [1.29, 1.82) is 0 Å². The zero-order chi connectivity index (χ0) is 13.0. The van der Waals surface area contributed by atoms with Gasteiger partial charge in [0, 0.05) is 10.6 Å². The normalized spacial score (nSPS) is 10.6. The van der Waals surface area contributed by atoms with Gasteiger partial charge in [-0.2, -0.15) is 0 Å². The molecule has 0 radical (unpaired) electrons. The Labute approximate surface area is 112 Å². The lowest BCUT2D eigenvalue weighted by molar-refractivity contribution is -0.115. The highest BCUT2D eigenvalue weighted by molar-refractivity contribution is 7.10. The molecule has 1 N–H and O–H groups in total. The molecule has 0 bridgehead atoms. The third-order valence-electron chi connectivity index (χ3n) is 2.78. The highest BCUT2D eigenvalue weighted by Crippen LogP contribution is 2.17. The van der Waals surface area contributed by atoms with E-state index in [9.17, 15) is 4.79 Å². The molecule has 1 heterocycles. The van der Waals surface area contributed by atoms with Gasteiger partial charge in [0.15, 0.2) is 0 Å². The second-order valence-electron chi connectivity index (χ2n) is 4.58. The fraction of sp³-hybridized carbons (Fsp3) is 0.267. The molecule has 18 heavy (non-hydrogen) atoms. The van der Waals surface area contributed by atoms with Gasteiger partial charge in [0.05, 0.1) is 6.42 Å². The van der Waals surface area contributed by atoms with E-state index in [1.807, 2.05) is 29.6 Å². The molecule has 0 fully saturated rings. The number of thiophene rings is 1. The standard InChI is InChI=1S/C15H17NOS/c1-11(2)12-5-7-13(8-6-12)16-15(17)10-14-4-3-9-18-14/h3-9,11H,10H2,1-2H3,(H,16,17). The molecule has 2 aromatic rings. The summed E-state index contributed by atoms with van der Waals surface area (Å²) in [4.78, 5) is 12.9. The largest absolute Gasteiger partial charge is 0.326 e. The SMILES string of the molecule is CC(C)c1ccc(NC(=O)Cc2cccs2)cc1. The minimum absolute atomic E-state index is 0.0368. The molecule has 0 spiro atoms. The maximum Gasteiger partial charge on any atom is 0.229 e. The predicted molar refractivity (Wildman–Crippen MR) is 77.2 cm³/mol. The van der Waals surface area contributed by atoms with E-state index in [-0.39, 0.29) is 5.91 Å². The van der Waals surface area contributed by atoms with Crippen LogP contribution in [0.1, 0.15) is 30.2 Å². The number of benzene rings is 1. The maximum atomic E-state index is 11.8. The van der Waals surface area contributed by atoms with Gasteiger partial charge in [-0.3, -0.25) is 4.79 Å². The summed E-state index contributed by atoms with van der Waals surface area (Å²) >= 11 is 1.61. The van der Waals surface area contributed by atoms with E-state index in [1.165, 1.54) is 5.56 Å². The first-order valence-electron chi connectivity index (χ1n) is 6.07. The Morgan fingerprint density at radius 2 is 1.94 bits per heavy atom. The summed E-state index contributed by atoms with van der Waals surface area (Å²) in [6.45, 7) is 4.31. The van der Waals surface area contributed by atoms with Crippen molar-refractivity contribution >= 4 is 22.9 Å². The number of carbonyl (C=O) groups excluding carboxylic acids is 1. The van der Waals surface area contributed by atoms with E-state index in [0.717, 1.165) is 10.6 Å². The van der Waals surface area contributed by atoms with E-state index in [0.29, 0.717) is 12.3 Å². The molecular weight excluding hydrogens is 242 g/mol. The fourth-order valence-corrected chi connectivity index (χ4v) is 2.43. The zero-order valence-electron chi connectivity index (χ0n) is 10.6. The van der Waals surface area contributed by atoms with Gasteiger partial charge in [-0.1, -0.05) is 32.0 Å². The second-order valence-corrected chi connectivity index (χ2v) is 5.61. The summed E-state index contributed by atoms with van der Waals surface area (Å²) in [5.74, 6) is 0.551. The number of amides is 1. The third-order valence-corrected chi connectivity index (χ3v) is 3.65. The molecule has 0 saturated heterocycles. The van der Waals surface area contributed by atoms with Gasteiger partial charge in [-0.25, -0.2) is 0 Å². The van der Waals surface area contributed by atoms with Crippen molar-refractivity contribution in [2.45, 2.75) is 26.2 Å². The number of rotatable bonds is 4. The van der Waals surface area contributed by atoms with Crippen molar-refractivity contribution in [2.75, 3.05) is 5.32 Å². The highest BCUT2D eigenvalue weighted by Gasteiger charge is 2.05. The molecule has 1 amide bonds. The van der Waals surface area contributed by atoms with Crippen LogP contribution >= 0.6 is 11.3 Å². The smallest absolute Gasteiger partial charge is 0.229 e. The zero-order valence-corrected chi connectivity index (χ0v) is 11.5. The van der Waals surface area contributed by atoms with E-state index in [2.05, 4.69) is 31.3 Å². The first-order chi connectivity index (χ1) is 8.65. The van der Waals surface area contributed by atoms with Crippen molar-refractivity contribution in [3.05, 3.63) is 52.2 Å². The van der Waals surface area contributed by atoms with Crippen LogP contribution in [-0.2, 0) is 11.2 Å². The quantitative estimate of drug-likeness (QED) is 0.881. The maximum absolute atomic E-state index is 11.8. The topological polar surface area (TPSA) is 29.1 Å². The summed E-state index contributed by atoms with van der Waals surface area (Å²) in [7, 11) is 0. The number of anilines is 1. The summed E-state index contributed by atoms with van der Waals surface area (Å²) in [5.41, 5.74) is 2.15. The van der Waals surface area contributed by atoms with Crippen LogP contribution in [0.15, 0.2) is 41.8 Å². The Morgan fingerprint density at radius 3 is 2.50 bits per heavy atom. The minimum atomic E-state index is 0.0368. The molecule has 0 aliphatic carbocycles. The Morgan fingerprint density at radius 1 is 1.22 bits per heavy atom. The van der Waals surface area contributed by atoms with Crippen molar-refractivity contribution < 1.29 is 4.79 Å². The van der Waals surface area contributed by atoms with Crippen LogP contribution in [0.2, 0.25) is 0 Å². The highest BCUT2D eigenvalue weighted by atomic mass is 32.1. The second kappa shape index (κ2) is 5.83. The summed E-state index contributed by atoms with van der Waals surface area (Å²) in [6, 6.07) is 12.0. The molecule has 0 unspecified atom stereocenters. The molecule has 1 aromatic heterocycles. The summed E-state index contributed by atoms with van der Waals surface area (Å²) < 4.78 is 0. The molecule has 3 heteroatoms. The van der Waals surface area contributed by atoms with Crippen LogP contribution in [0.3, 0.4) is 0 Å². The summed E-state index contributed by atoms with van der Waals surface area (Å²) in [6.07, 6.45) is 0.448. The van der Waals surface area contributed by atoms with Crippen LogP contribution < -0.4 is 5.32 Å². The Bertz CT molecular complexity index is 500. The molecule has 0 aliphatic heterocycles. The van der Waals surface area contributed by atoms with Crippen molar-refractivity contribution in [3.63, 3.8) is 0 Å². The number of carbonyl (C=O) groups is 1. The monoisotopic (exact) mass is 259 g/mol. The Kier molecular flexibility index (Phi) is 4.15. The first kappa shape index (κ1) is 12.8. The number of hydrogen-bond acceptors (Lipinski definition) is 2. The van der Waals surface area contributed by atoms with Crippen LogP contribution in [0, 0.1) is 0 Å². The van der Waals surface area contributed by atoms with Gasteiger partial charge in [-0.15, -0.1) is 11.3 Å². The van der Waals surface area contributed by atoms with Gasteiger partial charge < -0.3 is 5.32 Å². The third kappa shape index (κ3) is 3.44. The molecule has 0 atom stereocenters. The van der Waals surface area contributed by atoms with Gasteiger partial charge in [0.1, 0.15) is 0 Å². The van der Waals surface area contributed by atoms with Crippen LogP contribution in [0.25, 0.3) is 0 Å². The average Bonchev–Trinajstić information content (AvgIpc) is 2.82. The van der Waals surface area contributed by atoms with Crippen molar-refractivity contribution in [2.24, 2.45) is 0 Å². The van der Waals surface area contributed by atoms with Crippen LogP contribution in [-0.4, -0.2) is 5.91 Å². The minimum Gasteiger partial charge on any atom is -0.326 e.